The van der Waals surface area contributed by atoms with Crippen molar-refractivity contribution >= 4 is 21.7 Å². The highest BCUT2D eigenvalue weighted by molar-refractivity contribution is 7.89. The van der Waals surface area contributed by atoms with Crippen LogP contribution in [-0.4, -0.2) is 56.2 Å². The van der Waals surface area contributed by atoms with Gasteiger partial charge in [-0.1, -0.05) is 19.9 Å². The maximum Gasteiger partial charge on any atom is 0.244 e. The maximum atomic E-state index is 13.1. The molecule has 0 unspecified atom stereocenters. The molecule has 6 rings (SSSR count). The Balaban J connectivity index is 1.28. The number of nitrogens with one attached hydrogen (secondary N) is 2. The molecule has 1 aromatic carbocycles. The Hall–Kier alpha value is -3.28. The number of nitrogens with zero attached hydrogens (tertiary/aromatic N) is 4. The molecule has 1 aliphatic carbocycles. The lowest BCUT2D eigenvalue weighted by atomic mass is 9.76. The number of sulfonamides is 1. The summed E-state index contributed by atoms with van der Waals surface area (Å²) in [5.41, 5.74) is 11.2. The molecule has 2 aliphatic heterocycles. The summed E-state index contributed by atoms with van der Waals surface area (Å²) in [6, 6.07) is 7.54. The predicted octanol–water partition coefficient (Wildman–Crippen LogP) is 2.92. The second-order valence-corrected chi connectivity index (χ2v) is 13.6. The van der Waals surface area contributed by atoms with Gasteiger partial charge in [-0.2, -0.15) is 0 Å². The van der Waals surface area contributed by atoms with Gasteiger partial charge < -0.3 is 20.7 Å². The van der Waals surface area contributed by atoms with Crippen molar-refractivity contribution in [1.29, 1.82) is 0 Å². The molecule has 11 heteroatoms. The third-order valence-corrected chi connectivity index (χ3v) is 9.73. The summed E-state index contributed by atoms with van der Waals surface area (Å²) in [6.07, 6.45) is 7.27. The molecule has 1 atom stereocenters. The van der Waals surface area contributed by atoms with Crippen molar-refractivity contribution in [3.05, 3.63) is 53.6 Å². The Morgan fingerprint density at radius 1 is 1.20 bits per heavy atom. The molecule has 0 saturated carbocycles. The first-order valence-electron chi connectivity index (χ1n) is 14.0. The van der Waals surface area contributed by atoms with Crippen LogP contribution in [0, 0.1) is 11.3 Å². The van der Waals surface area contributed by atoms with Crippen LogP contribution in [-0.2, 0) is 29.4 Å². The van der Waals surface area contributed by atoms with Gasteiger partial charge in [0, 0.05) is 41.7 Å². The van der Waals surface area contributed by atoms with Gasteiger partial charge in [0.05, 0.1) is 6.54 Å². The quantitative estimate of drug-likeness (QED) is 0.414. The molecule has 0 spiro atoms. The summed E-state index contributed by atoms with van der Waals surface area (Å²) in [4.78, 5) is 15.8. The van der Waals surface area contributed by atoms with Crippen LogP contribution in [0.5, 0.6) is 5.75 Å². The molecule has 212 valence electrons. The van der Waals surface area contributed by atoms with Crippen molar-refractivity contribution in [2.75, 3.05) is 43.4 Å². The molecular formula is C29H37N7O3S. The molecule has 1 fully saturated rings. The predicted molar refractivity (Wildman–Crippen MR) is 155 cm³/mol. The zero-order valence-electron chi connectivity index (χ0n) is 23.1. The van der Waals surface area contributed by atoms with Crippen LogP contribution >= 0.6 is 0 Å². The van der Waals surface area contributed by atoms with Gasteiger partial charge >= 0.3 is 0 Å². The minimum Gasteiger partial charge on any atom is -0.491 e. The van der Waals surface area contributed by atoms with Gasteiger partial charge in [-0.05, 0) is 73.9 Å². The summed E-state index contributed by atoms with van der Waals surface area (Å²) < 4.78 is 35.1. The SMILES string of the molecule is CC1(C)CCc2ncnc(N3CCOc4ccc(-c5cnc(N)c(S(=O)(=O)NC[C@H]6CCNC6)c5)cc4C3)c2C1. The molecule has 4 N–H and O–H groups in total. The average molecular weight is 564 g/mol. The van der Waals surface area contributed by atoms with E-state index in [-0.39, 0.29) is 22.0 Å². The zero-order valence-corrected chi connectivity index (χ0v) is 23.9. The number of nitrogen functional groups attached to an aromatic ring is 1. The Bertz CT molecular complexity index is 1520. The highest BCUT2D eigenvalue weighted by atomic mass is 32.2. The van der Waals surface area contributed by atoms with Crippen LogP contribution in [0.1, 0.15) is 43.5 Å². The van der Waals surface area contributed by atoms with E-state index < -0.39 is 10.0 Å². The molecule has 2 aromatic heterocycles. The first kappa shape index (κ1) is 26.9. The van der Waals surface area contributed by atoms with Crippen LogP contribution in [0.2, 0.25) is 0 Å². The maximum absolute atomic E-state index is 13.1. The Morgan fingerprint density at radius 2 is 2.08 bits per heavy atom. The molecule has 0 radical (unpaired) electrons. The number of aryl methyl sites for hydroxylation is 1. The fraction of sp³-hybridized carbons (Fsp3) is 0.483. The normalized spacial score (nSPS) is 20.4. The molecule has 1 saturated heterocycles. The van der Waals surface area contributed by atoms with Crippen molar-refractivity contribution < 1.29 is 13.2 Å². The fourth-order valence-electron chi connectivity index (χ4n) is 5.91. The summed E-state index contributed by atoms with van der Waals surface area (Å²) in [5.74, 6) is 2.05. The second kappa shape index (κ2) is 10.6. The van der Waals surface area contributed by atoms with Crippen molar-refractivity contribution in [3.8, 4) is 16.9 Å². The van der Waals surface area contributed by atoms with Gasteiger partial charge in [0.1, 0.15) is 35.2 Å². The first-order chi connectivity index (χ1) is 19.2. The standard InChI is InChI=1S/C29H37N7O3S/c1-29(2)7-5-24-23(13-29)28(34-18-33-24)36-9-10-39-25-4-3-20(11-22(25)17-36)21-12-26(27(30)32-16-21)40(37,38)35-15-19-6-8-31-14-19/h3-4,11-12,16,18-19,31,35H,5-10,13-15,17H2,1-2H3,(H2,30,32)/t19-/m0/s1. The number of ether oxygens (including phenoxy) is 1. The van der Waals surface area contributed by atoms with Crippen LogP contribution in [0.25, 0.3) is 11.1 Å². The minimum atomic E-state index is -3.81. The van der Waals surface area contributed by atoms with E-state index in [0.29, 0.717) is 31.8 Å². The van der Waals surface area contributed by atoms with Gasteiger partial charge in [0.2, 0.25) is 10.0 Å². The lowest BCUT2D eigenvalue weighted by Gasteiger charge is -2.33. The van der Waals surface area contributed by atoms with Crippen LogP contribution < -0.4 is 25.4 Å². The summed E-state index contributed by atoms with van der Waals surface area (Å²) in [6.45, 7) is 8.56. The third kappa shape index (κ3) is 5.50. The molecule has 40 heavy (non-hydrogen) atoms. The molecule has 10 nitrogen and oxygen atoms in total. The lowest BCUT2D eigenvalue weighted by Crippen LogP contribution is -2.31. The monoisotopic (exact) mass is 563 g/mol. The van der Waals surface area contributed by atoms with E-state index in [4.69, 9.17) is 15.5 Å². The van der Waals surface area contributed by atoms with Crippen LogP contribution in [0.3, 0.4) is 0 Å². The number of pyridine rings is 1. The first-order valence-corrected chi connectivity index (χ1v) is 15.5. The fourth-order valence-corrected chi connectivity index (χ4v) is 7.13. The highest BCUT2D eigenvalue weighted by Crippen LogP contribution is 2.39. The number of benzene rings is 1. The van der Waals surface area contributed by atoms with Gasteiger partial charge in [-0.25, -0.2) is 28.1 Å². The lowest BCUT2D eigenvalue weighted by molar-refractivity contribution is 0.310. The Morgan fingerprint density at radius 3 is 2.90 bits per heavy atom. The van der Waals surface area contributed by atoms with Crippen molar-refractivity contribution in [3.63, 3.8) is 0 Å². The number of aromatic nitrogens is 3. The highest BCUT2D eigenvalue weighted by Gasteiger charge is 2.31. The van der Waals surface area contributed by atoms with E-state index in [1.807, 2.05) is 18.2 Å². The van der Waals surface area contributed by atoms with E-state index in [9.17, 15) is 8.42 Å². The van der Waals surface area contributed by atoms with Gasteiger partial charge in [-0.15, -0.1) is 0 Å². The Kier molecular flexibility index (Phi) is 7.14. The second-order valence-electron chi connectivity index (χ2n) is 11.9. The number of hydrogen-bond donors (Lipinski definition) is 3. The van der Waals surface area contributed by atoms with Crippen molar-refractivity contribution in [2.45, 2.75) is 51.0 Å². The molecule has 3 aliphatic rings. The van der Waals surface area contributed by atoms with Crippen molar-refractivity contribution in [2.24, 2.45) is 11.3 Å². The van der Waals surface area contributed by atoms with E-state index in [2.05, 4.69) is 38.8 Å². The number of hydrogen-bond acceptors (Lipinski definition) is 9. The van der Waals surface area contributed by atoms with E-state index >= 15 is 0 Å². The number of rotatable bonds is 6. The summed E-state index contributed by atoms with van der Waals surface area (Å²) in [7, 11) is -3.81. The van der Waals surface area contributed by atoms with E-state index in [1.165, 1.54) is 5.56 Å². The van der Waals surface area contributed by atoms with E-state index in [1.54, 1.807) is 18.6 Å². The van der Waals surface area contributed by atoms with Gasteiger partial charge in [0.25, 0.3) is 0 Å². The molecule has 4 heterocycles. The summed E-state index contributed by atoms with van der Waals surface area (Å²) >= 11 is 0. The van der Waals surface area contributed by atoms with E-state index in [0.717, 1.165) is 67.2 Å². The van der Waals surface area contributed by atoms with Crippen LogP contribution in [0.4, 0.5) is 11.6 Å². The average Bonchev–Trinajstić information content (AvgIpc) is 3.37. The Labute approximate surface area is 235 Å². The summed E-state index contributed by atoms with van der Waals surface area (Å²) in [5, 5.41) is 3.26. The molecule has 0 amide bonds. The van der Waals surface area contributed by atoms with Crippen LogP contribution in [0.15, 0.2) is 41.7 Å². The molecule has 3 aromatic rings. The van der Waals surface area contributed by atoms with Crippen molar-refractivity contribution in [1.82, 2.24) is 25.0 Å². The minimum absolute atomic E-state index is 0.000923. The van der Waals surface area contributed by atoms with Gasteiger partial charge in [-0.3, -0.25) is 0 Å². The molecular weight excluding hydrogens is 526 g/mol. The number of nitrogens with two attached hydrogens (primary N) is 1. The number of fused-ring (bicyclic) bond motifs is 2. The largest absolute Gasteiger partial charge is 0.491 e. The number of anilines is 2. The topological polar surface area (TPSA) is 135 Å². The molecule has 0 bridgehead atoms. The van der Waals surface area contributed by atoms with Gasteiger partial charge in [0.15, 0.2) is 0 Å². The smallest absolute Gasteiger partial charge is 0.244 e. The zero-order chi connectivity index (χ0) is 27.9. The third-order valence-electron chi connectivity index (χ3n) is 8.27.